The van der Waals surface area contributed by atoms with Gasteiger partial charge >= 0.3 is 0 Å². The Hall–Kier alpha value is -1.00. The van der Waals surface area contributed by atoms with Crippen molar-refractivity contribution in [3.8, 4) is 0 Å². The normalized spacial score (nSPS) is 28.4. The monoisotopic (exact) mass is 283 g/mol. The van der Waals surface area contributed by atoms with Crippen LogP contribution in [0.15, 0.2) is 18.2 Å². The molecule has 1 fully saturated rings. The van der Waals surface area contributed by atoms with Crippen molar-refractivity contribution in [3.63, 3.8) is 0 Å². The first kappa shape index (κ1) is 15.4. The van der Waals surface area contributed by atoms with Gasteiger partial charge in [0.25, 0.3) is 0 Å². The molecule has 0 saturated heterocycles. The summed E-state index contributed by atoms with van der Waals surface area (Å²) in [6.45, 7) is 4.34. The molecule has 2 rings (SSSR count). The van der Waals surface area contributed by atoms with Crippen molar-refractivity contribution in [2.24, 2.45) is 5.92 Å². The smallest absolute Gasteiger partial charge is 0.128 e. The fourth-order valence-corrected chi connectivity index (χ4v) is 3.09. The van der Waals surface area contributed by atoms with Crippen LogP contribution >= 0.6 is 0 Å². The van der Waals surface area contributed by atoms with Crippen molar-refractivity contribution in [2.75, 3.05) is 6.54 Å². The number of rotatable bonds is 4. The predicted octanol–water partition coefficient (Wildman–Crippen LogP) is 3.56. The van der Waals surface area contributed by atoms with Gasteiger partial charge in [0.2, 0.25) is 0 Å². The SMILES string of the molecule is CC1CCCC(O)(CNC(C)c2cc(F)ccc2F)C1. The Kier molecular flexibility index (Phi) is 4.76. The van der Waals surface area contributed by atoms with Gasteiger partial charge in [-0.15, -0.1) is 0 Å². The summed E-state index contributed by atoms with van der Waals surface area (Å²) in [6.07, 6.45) is 3.69. The molecule has 1 aromatic carbocycles. The Morgan fingerprint density at radius 2 is 2.20 bits per heavy atom. The highest BCUT2D eigenvalue weighted by atomic mass is 19.1. The Labute approximate surface area is 119 Å². The minimum Gasteiger partial charge on any atom is -0.389 e. The molecule has 20 heavy (non-hydrogen) atoms. The number of benzene rings is 1. The first-order valence-electron chi connectivity index (χ1n) is 7.30. The summed E-state index contributed by atoms with van der Waals surface area (Å²) in [4.78, 5) is 0. The number of nitrogens with one attached hydrogen (secondary N) is 1. The van der Waals surface area contributed by atoms with Gasteiger partial charge in [-0.25, -0.2) is 8.78 Å². The third-order valence-electron chi connectivity index (χ3n) is 4.23. The molecule has 4 heteroatoms. The van der Waals surface area contributed by atoms with E-state index in [2.05, 4.69) is 12.2 Å². The van der Waals surface area contributed by atoms with Crippen molar-refractivity contribution in [1.29, 1.82) is 0 Å². The average Bonchev–Trinajstić information content (AvgIpc) is 2.39. The van der Waals surface area contributed by atoms with Crippen LogP contribution in [-0.4, -0.2) is 17.3 Å². The molecular formula is C16H23F2NO. The maximum absolute atomic E-state index is 13.7. The van der Waals surface area contributed by atoms with E-state index in [-0.39, 0.29) is 6.04 Å². The number of hydrogen-bond acceptors (Lipinski definition) is 2. The van der Waals surface area contributed by atoms with Crippen LogP contribution in [0.4, 0.5) is 8.78 Å². The van der Waals surface area contributed by atoms with E-state index in [1.165, 1.54) is 6.07 Å². The summed E-state index contributed by atoms with van der Waals surface area (Å²) in [5.41, 5.74) is -0.423. The molecule has 1 aromatic rings. The maximum Gasteiger partial charge on any atom is 0.128 e. The van der Waals surface area contributed by atoms with Crippen molar-refractivity contribution in [3.05, 3.63) is 35.4 Å². The molecule has 0 spiro atoms. The average molecular weight is 283 g/mol. The lowest BCUT2D eigenvalue weighted by molar-refractivity contribution is -0.0135. The number of halogens is 2. The molecule has 3 unspecified atom stereocenters. The summed E-state index contributed by atoms with van der Waals surface area (Å²) in [5, 5.41) is 13.7. The molecule has 0 bridgehead atoms. The van der Waals surface area contributed by atoms with E-state index in [0.29, 0.717) is 18.0 Å². The fraction of sp³-hybridized carbons (Fsp3) is 0.625. The van der Waals surface area contributed by atoms with Crippen molar-refractivity contribution < 1.29 is 13.9 Å². The van der Waals surface area contributed by atoms with E-state index in [1.54, 1.807) is 6.92 Å². The quantitative estimate of drug-likeness (QED) is 0.885. The number of hydrogen-bond donors (Lipinski definition) is 2. The largest absolute Gasteiger partial charge is 0.389 e. The van der Waals surface area contributed by atoms with Crippen LogP contribution in [0, 0.1) is 17.6 Å². The lowest BCUT2D eigenvalue weighted by Gasteiger charge is -2.36. The van der Waals surface area contributed by atoms with E-state index in [0.717, 1.165) is 37.8 Å². The highest BCUT2D eigenvalue weighted by Gasteiger charge is 2.32. The molecule has 0 heterocycles. The molecule has 0 amide bonds. The van der Waals surface area contributed by atoms with Crippen LogP contribution < -0.4 is 5.32 Å². The first-order chi connectivity index (χ1) is 9.39. The second-order valence-corrected chi connectivity index (χ2v) is 6.19. The minimum atomic E-state index is -0.726. The van der Waals surface area contributed by atoms with Crippen LogP contribution in [0.2, 0.25) is 0 Å². The summed E-state index contributed by atoms with van der Waals surface area (Å²) in [5.74, 6) is -0.354. The van der Waals surface area contributed by atoms with Crippen molar-refractivity contribution in [1.82, 2.24) is 5.32 Å². The van der Waals surface area contributed by atoms with Crippen LogP contribution in [0.25, 0.3) is 0 Å². The zero-order valence-electron chi connectivity index (χ0n) is 12.1. The zero-order chi connectivity index (χ0) is 14.8. The Morgan fingerprint density at radius 1 is 1.45 bits per heavy atom. The predicted molar refractivity (Wildman–Crippen MR) is 75.4 cm³/mol. The molecule has 112 valence electrons. The Balaban J connectivity index is 1.97. The zero-order valence-corrected chi connectivity index (χ0v) is 12.1. The third-order valence-corrected chi connectivity index (χ3v) is 4.23. The highest BCUT2D eigenvalue weighted by Crippen LogP contribution is 2.32. The highest BCUT2D eigenvalue weighted by molar-refractivity contribution is 5.21. The van der Waals surface area contributed by atoms with Crippen LogP contribution in [0.5, 0.6) is 0 Å². The van der Waals surface area contributed by atoms with Crippen LogP contribution in [0.1, 0.15) is 51.1 Å². The van der Waals surface area contributed by atoms with E-state index in [4.69, 9.17) is 0 Å². The Bertz CT molecular complexity index is 466. The van der Waals surface area contributed by atoms with Crippen LogP contribution in [0.3, 0.4) is 0 Å². The van der Waals surface area contributed by atoms with Gasteiger partial charge in [0.1, 0.15) is 11.6 Å². The van der Waals surface area contributed by atoms with Gasteiger partial charge in [0.15, 0.2) is 0 Å². The molecule has 3 atom stereocenters. The van der Waals surface area contributed by atoms with E-state index >= 15 is 0 Å². The fourth-order valence-electron chi connectivity index (χ4n) is 3.09. The van der Waals surface area contributed by atoms with Crippen molar-refractivity contribution >= 4 is 0 Å². The van der Waals surface area contributed by atoms with Gasteiger partial charge in [-0.2, -0.15) is 0 Å². The van der Waals surface area contributed by atoms with E-state index in [1.807, 2.05) is 0 Å². The Morgan fingerprint density at radius 3 is 2.90 bits per heavy atom. The van der Waals surface area contributed by atoms with Gasteiger partial charge in [0.05, 0.1) is 5.60 Å². The third kappa shape index (κ3) is 3.76. The summed E-state index contributed by atoms with van der Waals surface area (Å²) < 4.78 is 26.9. The molecule has 1 aliphatic carbocycles. The molecule has 1 saturated carbocycles. The molecule has 2 N–H and O–H groups in total. The van der Waals surface area contributed by atoms with Gasteiger partial charge in [-0.1, -0.05) is 19.8 Å². The minimum absolute atomic E-state index is 0.303. The molecule has 2 nitrogen and oxygen atoms in total. The van der Waals surface area contributed by atoms with Gasteiger partial charge in [-0.05, 0) is 43.9 Å². The van der Waals surface area contributed by atoms with E-state index in [9.17, 15) is 13.9 Å². The molecular weight excluding hydrogens is 260 g/mol. The molecule has 0 radical (unpaired) electrons. The summed E-state index contributed by atoms with van der Waals surface area (Å²) in [7, 11) is 0. The lowest BCUT2D eigenvalue weighted by Crippen LogP contribution is -2.44. The van der Waals surface area contributed by atoms with E-state index < -0.39 is 17.2 Å². The maximum atomic E-state index is 13.7. The second kappa shape index (κ2) is 6.19. The topological polar surface area (TPSA) is 32.3 Å². The summed E-state index contributed by atoms with van der Waals surface area (Å²) in [6, 6.07) is 3.13. The molecule has 0 aliphatic heterocycles. The van der Waals surface area contributed by atoms with Crippen LogP contribution in [-0.2, 0) is 0 Å². The van der Waals surface area contributed by atoms with Gasteiger partial charge < -0.3 is 10.4 Å². The van der Waals surface area contributed by atoms with Gasteiger partial charge in [0, 0.05) is 18.2 Å². The molecule has 0 aromatic heterocycles. The second-order valence-electron chi connectivity index (χ2n) is 6.19. The lowest BCUT2D eigenvalue weighted by atomic mass is 9.79. The van der Waals surface area contributed by atoms with Crippen molar-refractivity contribution in [2.45, 2.75) is 51.2 Å². The first-order valence-corrected chi connectivity index (χ1v) is 7.30. The summed E-state index contributed by atoms with van der Waals surface area (Å²) >= 11 is 0. The standard InChI is InChI=1S/C16H23F2NO/c1-11-4-3-7-16(20,9-11)10-19-12(2)14-8-13(17)5-6-15(14)18/h5-6,8,11-12,19-20H,3-4,7,9-10H2,1-2H3. The van der Waals surface area contributed by atoms with Gasteiger partial charge in [-0.3, -0.25) is 0 Å². The number of aliphatic hydroxyl groups is 1. The molecule has 1 aliphatic rings.